The average Bonchev–Trinajstić information content (AvgIpc) is 3.26. The van der Waals surface area contributed by atoms with Gasteiger partial charge in [-0.3, -0.25) is 5.10 Å². The van der Waals surface area contributed by atoms with Gasteiger partial charge in [-0.05, 0) is 25.1 Å². The SMILES string of the molecule is COCCOc1cc(F)c2c(-c3cc(Cl)c(O)cc3F)nc3n[nH]c(C)c3c2c1F.Oc1cc(F)ccc1F. The van der Waals surface area contributed by atoms with Crippen LogP contribution in [0, 0.1) is 36.0 Å². The molecule has 0 aliphatic carbocycles. The van der Waals surface area contributed by atoms with Gasteiger partial charge in [0, 0.05) is 47.3 Å². The lowest BCUT2D eigenvalue weighted by Crippen LogP contribution is -2.07. The van der Waals surface area contributed by atoms with Gasteiger partial charge in [-0.1, -0.05) is 11.6 Å². The minimum atomic E-state index is -0.905. The molecule has 0 aliphatic heterocycles. The predicted octanol–water partition coefficient (Wildman–Crippen LogP) is 6.56. The molecule has 13 heteroatoms. The summed E-state index contributed by atoms with van der Waals surface area (Å²) < 4.78 is 79.6. The van der Waals surface area contributed by atoms with E-state index in [1.54, 1.807) is 6.92 Å². The van der Waals surface area contributed by atoms with Crippen LogP contribution in [0.3, 0.4) is 0 Å². The van der Waals surface area contributed by atoms with Crippen molar-refractivity contribution in [3.05, 3.63) is 76.2 Å². The molecule has 0 unspecified atom stereocenters. The van der Waals surface area contributed by atoms with Gasteiger partial charge in [-0.2, -0.15) is 5.10 Å². The number of aromatic nitrogens is 3. The van der Waals surface area contributed by atoms with E-state index in [0.29, 0.717) is 5.69 Å². The number of phenolic OH excluding ortho intramolecular Hbond substituents is 2. The Hall–Kier alpha value is -4.16. The van der Waals surface area contributed by atoms with E-state index >= 15 is 8.78 Å². The number of hydrogen-bond acceptors (Lipinski definition) is 6. The summed E-state index contributed by atoms with van der Waals surface area (Å²) in [6, 6.07) is 5.27. The van der Waals surface area contributed by atoms with Gasteiger partial charge in [0.25, 0.3) is 0 Å². The second kappa shape index (κ2) is 11.3. The van der Waals surface area contributed by atoms with Crippen molar-refractivity contribution in [3.8, 4) is 28.5 Å². The number of pyridine rings is 1. The fourth-order valence-electron chi connectivity index (χ4n) is 3.77. The number of halogens is 6. The standard InChI is InChI=1S/C20H15ClF3N3O3.C6H4F2O/c1-8-15-17-16(12(23)7-14(18(17)24)30-4-3-29-2)19(25-20(15)27-26-8)9-5-10(21)13(28)6-11(9)22;7-4-1-2-5(8)6(9)3-4/h5-7,28H,3-4H2,1-2H3,(H,25,26,27);1-3,9H. The zero-order valence-electron chi connectivity index (χ0n) is 20.3. The summed E-state index contributed by atoms with van der Waals surface area (Å²) >= 11 is 5.91. The Morgan fingerprint density at radius 1 is 0.872 bits per heavy atom. The first-order chi connectivity index (χ1) is 18.5. The summed E-state index contributed by atoms with van der Waals surface area (Å²) in [7, 11) is 1.45. The first-order valence-electron chi connectivity index (χ1n) is 11.1. The Labute approximate surface area is 222 Å². The Morgan fingerprint density at radius 2 is 1.62 bits per heavy atom. The number of phenols is 2. The second-order valence-electron chi connectivity index (χ2n) is 8.15. The van der Waals surface area contributed by atoms with E-state index in [1.165, 1.54) is 7.11 Å². The van der Waals surface area contributed by atoms with Crippen LogP contribution in [-0.2, 0) is 4.74 Å². The minimum Gasteiger partial charge on any atom is -0.506 e. The Morgan fingerprint density at radius 3 is 2.28 bits per heavy atom. The van der Waals surface area contributed by atoms with Gasteiger partial charge in [0.1, 0.15) is 29.8 Å². The van der Waals surface area contributed by atoms with E-state index in [-0.39, 0.29) is 57.0 Å². The van der Waals surface area contributed by atoms with Crippen LogP contribution in [0.4, 0.5) is 22.0 Å². The zero-order valence-corrected chi connectivity index (χ0v) is 21.0. The number of nitrogens with one attached hydrogen (secondary N) is 1. The fourth-order valence-corrected chi connectivity index (χ4v) is 3.93. The maximum Gasteiger partial charge on any atom is 0.182 e. The van der Waals surface area contributed by atoms with Crippen LogP contribution in [0.2, 0.25) is 5.02 Å². The lowest BCUT2D eigenvalue weighted by Gasteiger charge is -2.14. The molecule has 0 saturated carbocycles. The molecule has 0 fully saturated rings. The molecule has 0 amide bonds. The van der Waals surface area contributed by atoms with Crippen molar-refractivity contribution in [2.24, 2.45) is 0 Å². The van der Waals surface area contributed by atoms with Crippen LogP contribution in [0.5, 0.6) is 17.2 Å². The van der Waals surface area contributed by atoms with E-state index < -0.39 is 40.6 Å². The molecule has 5 aromatic rings. The minimum absolute atomic E-state index is 0.00597. The molecule has 0 radical (unpaired) electrons. The molecule has 0 aliphatic rings. The highest BCUT2D eigenvalue weighted by atomic mass is 35.5. The normalized spacial score (nSPS) is 11.1. The third kappa shape index (κ3) is 5.52. The number of aryl methyl sites for hydroxylation is 1. The van der Waals surface area contributed by atoms with Crippen LogP contribution in [-0.4, -0.2) is 45.7 Å². The number of aromatic hydroxyl groups is 2. The van der Waals surface area contributed by atoms with E-state index in [9.17, 15) is 18.3 Å². The summed E-state index contributed by atoms with van der Waals surface area (Å²) in [6.45, 7) is 1.81. The van der Waals surface area contributed by atoms with Crippen LogP contribution >= 0.6 is 11.6 Å². The molecular weight excluding hydrogens is 549 g/mol. The van der Waals surface area contributed by atoms with Gasteiger partial charge < -0.3 is 19.7 Å². The van der Waals surface area contributed by atoms with Gasteiger partial charge in [0.05, 0.1) is 22.7 Å². The topological polar surface area (TPSA) is 100 Å². The highest BCUT2D eigenvalue weighted by Gasteiger charge is 2.25. The first-order valence-corrected chi connectivity index (χ1v) is 11.5. The summed E-state index contributed by atoms with van der Waals surface area (Å²) in [5, 5.41) is 24.5. The van der Waals surface area contributed by atoms with Crippen molar-refractivity contribution in [3.63, 3.8) is 0 Å². The molecule has 0 bridgehead atoms. The van der Waals surface area contributed by atoms with Crippen molar-refractivity contribution in [1.29, 1.82) is 0 Å². The smallest absolute Gasteiger partial charge is 0.182 e. The molecule has 5 rings (SSSR count). The summed E-state index contributed by atoms with van der Waals surface area (Å²) in [5.41, 5.74) is 0.0940. The van der Waals surface area contributed by atoms with E-state index in [0.717, 1.165) is 36.4 Å². The number of H-pyrrole nitrogens is 1. The second-order valence-corrected chi connectivity index (χ2v) is 8.56. The van der Waals surface area contributed by atoms with Crippen LogP contribution in [0.1, 0.15) is 5.69 Å². The van der Waals surface area contributed by atoms with E-state index in [2.05, 4.69) is 15.2 Å². The van der Waals surface area contributed by atoms with Crippen molar-refractivity contribution < 1.29 is 41.6 Å². The molecule has 39 heavy (non-hydrogen) atoms. The molecule has 3 N–H and O–H groups in total. The van der Waals surface area contributed by atoms with Crippen molar-refractivity contribution in [2.75, 3.05) is 20.3 Å². The van der Waals surface area contributed by atoms with Crippen LogP contribution in [0.25, 0.3) is 33.1 Å². The Bertz CT molecular complexity index is 1700. The lowest BCUT2D eigenvalue weighted by molar-refractivity contribution is 0.144. The number of rotatable bonds is 5. The predicted molar refractivity (Wildman–Crippen MR) is 134 cm³/mol. The number of ether oxygens (including phenoxy) is 2. The highest BCUT2D eigenvalue weighted by molar-refractivity contribution is 6.32. The van der Waals surface area contributed by atoms with Crippen LogP contribution < -0.4 is 4.74 Å². The monoisotopic (exact) mass is 567 g/mol. The van der Waals surface area contributed by atoms with E-state index in [4.69, 9.17) is 26.2 Å². The molecule has 2 aromatic heterocycles. The van der Waals surface area contributed by atoms with Gasteiger partial charge >= 0.3 is 0 Å². The van der Waals surface area contributed by atoms with Crippen molar-refractivity contribution in [2.45, 2.75) is 6.92 Å². The summed E-state index contributed by atoms with van der Waals surface area (Å²) in [4.78, 5) is 4.24. The lowest BCUT2D eigenvalue weighted by atomic mass is 9.99. The number of methoxy groups -OCH3 is 1. The molecule has 3 aromatic carbocycles. The van der Waals surface area contributed by atoms with Gasteiger partial charge in [0.15, 0.2) is 28.8 Å². The first kappa shape index (κ1) is 27.9. The Kier molecular flexibility index (Phi) is 8.07. The molecule has 0 spiro atoms. The third-order valence-corrected chi connectivity index (χ3v) is 5.86. The average molecular weight is 568 g/mol. The van der Waals surface area contributed by atoms with E-state index in [1.807, 2.05) is 0 Å². The zero-order chi connectivity index (χ0) is 28.4. The summed E-state index contributed by atoms with van der Waals surface area (Å²) in [6.07, 6.45) is 0. The molecular formula is C26H19ClF5N3O4. The van der Waals surface area contributed by atoms with Gasteiger partial charge in [-0.15, -0.1) is 0 Å². The number of aromatic amines is 1. The number of benzene rings is 3. The maximum absolute atomic E-state index is 15.4. The number of nitrogens with zero attached hydrogens (tertiary/aromatic N) is 2. The Balaban J connectivity index is 0.000000333. The molecule has 7 nitrogen and oxygen atoms in total. The molecule has 0 atom stereocenters. The fraction of sp³-hybridized carbons (Fsp3) is 0.154. The highest BCUT2D eigenvalue weighted by Crippen LogP contribution is 2.41. The maximum atomic E-state index is 15.4. The van der Waals surface area contributed by atoms with Crippen molar-refractivity contribution >= 4 is 33.4 Å². The number of hydrogen-bond donors (Lipinski definition) is 3. The van der Waals surface area contributed by atoms with Crippen molar-refractivity contribution in [1.82, 2.24) is 15.2 Å². The van der Waals surface area contributed by atoms with Crippen LogP contribution in [0.15, 0.2) is 36.4 Å². The summed E-state index contributed by atoms with van der Waals surface area (Å²) in [5.74, 6) is -5.53. The largest absolute Gasteiger partial charge is 0.506 e. The molecule has 204 valence electrons. The quantitative estimate of drug-likeness (QED) is 0.164. The molecule has 0 saturated heterocycles. The van der Waals surface area contributed by atoms with Gasteiger partial charge in [-0.25, -0.2) is 26.9 Å². The molecule has 2 heterocycles. The number of fused-ring (bicyclic) bond motifs is 3. The third-order valence-electron chi connectivity index (χ3n) is 5.56. The van der Waals surface area contributed by atoms with Gasteiger partial charge in [0.2, 0.25) is 0 Å².